The predicted molar refractivity (Wildman–Crippen MR) is 66.3 cm³/mol. The van der Waals surface area contributed by atoms with E-state index in [1.807, 2.05) is 29.6 Å². The molecular weight excluding hydrogens is 222 g/mol. The number of thiazole rings is 1. The van der Waals surface area contributed by atoms with E-state index in [4.69, 9.17) is 4.74 Å². The molecule has 0 amide bonds. The van der Waals surface area contributed by atoms with Gasteiger partial charge in [-0.05, 0) is 29.8 Å². The van der Waals surface area contributed by atoms with E-state index in [2.05, 4.69) is 15.5 Å². The molecule has 0 atom stereocenters. The Bertz CT molecular complexity index is 451. The zero-order chi connectivity index (χ0) is 11.2. The molecule has 0 fully saturated rings. The number of hydrogen-bond donors (Lipinski definition) is 1. The number of hydrogen-bond acceptors (Lipinski definition) is 5. The quantitative estimate of drug-likeness (QED) is 0.652. The van der Waals surface area contributed by atoms with E-state index in [1.54, 1.807) is 19.5 Å². The van der Waals surface area contributed by atoms with Crippen molar-refractivity contribution in [2.24, 2.45) is 5.10 Å². The summed E-state index contributed by atoms with van der Waals surface area (Å²) < 4.78 is 5.06. The SMILES string of the molecule is COc1ccc(C=NNc2nccs2)cc1. The molecule has 0 aliphatic heterocycles. The summed E-state index contributed by atoms with van der Waals surface area (Å²) in [4.78, 5) is 4.05. The third-order valence-corrected chi connectivity index (χ3v) is 2.60. The van der Waals surface area contributed by atoms with Gasteiger partial charge in [-0.2, -0.15) is 5.10 Å². The minimum Gasteiger partial charge on any atom is -0.497 e. The van der Waals surface area contributed by atoms with E-state index in [1.165, 1.54) is 11.3 Å². The maximum atomic E-state index is 5.06. The Morgan fingerprint density at radius 3 is 2.81 bits per heavy atom. The lowest BCUT2D eigenvalue weighted by molar-refractivity contribution is 0.415. The van der Waals surface area contributed by atoms with E-state index in [0.29, 0.717) is 0 Å². The zero-order valence-corrected chi connectivity index (χ0v) is 9.57. The fourth-order valence-corrected chi connectivity index (χ4v) is 1.61. The lowest BCUT2D eigenvalue weighted by atomic mass is 10.2. The van der Waals surface area contributed by atoms with Crippen LogP contribution in [-0.2, 0) is 0 Å². The van der Waals surface area contributed by atoms with Crippen molar-refractivity contribution in [3.63, 3.8) is 0 Å². The number of anilines is 1. The molecule has 82 valence electrons. The molecule has 1 aromatic heterocycles. The van der Waals surface area contributed by atoms with E-state index in [9.17, 15) is 0 Å². The van der Waals surface area contributed by atoms with Crippen molar-refractivity contribution in [1.82, 2.24) is 4.98 Å². The topological polar surface area (TPSA) is 46.5 Å². The van der Waals surface area contributed by atoms with Gasteiger partial charge in [0.25, 0.3) is 0 Å². The summed E-state index contributed by atoms with van der Waals surface area (Å²) in [5.41, 5.74) is 3.85. The van der Waals surface area contributed by atoms with Gasteiger partial charge in [-0.15, -0.1) is 11.3 Å². The van der Waals surface area contributed by atoms with Crippen molar-refractivity contribution >= 4 is 22.7 Å². The highest BCUT2D eigenvalue weighted by atomic mass is 32.1. The first-order valence-corrected chi connectivity index (χ1v) is 5.59. The van der Waals surface area contributed by atoms with Crippen LogP contribution < -0.4 is 10.2 Å². The summed E-state index contributed by atoms with van der Waals surface area (Å²) in [6.07, 6.45) is 3.47. The monoisotopic (exact) mass is 233 g/mol. The summed E-state index contributed by atoms with van der Waals surface area (Å²) in [6, 6.07) is 7.66. The van der Waals surface area contributed by atoms with E-state index in [0.717, 1.165) is 16.4 Å². The molecule has 0 saturated heterocycles. The van der Waals surface area contributed by atoms with Crippen LogP contribution in [0.1, 0.15) is 5.56 Å². The number of ether oxygens (including phenoxy) is 1. The molecule has 0 bridgehead atoms. The third-order valence-electron chi connectivity index (χ3n) is 1.92. The Balaban J connectivity index is 1.95. The van der Waals surface area contributed by atoms with Crippen molar-refractivity contribution in [1.29, 1.82) is 0 Å². The standard InChI is InChI=1S/C11H11N3OS/c1-15-10-4-2-9(3-5-10)8-13-14-11-12-6-7-16-11/h2-8H,1H3,(H,12,14). The first-order chi connectivity index (χ1) is 7.88. The zero-order valence-electron chi connectivity index (χ0n) is 8.75. The summed E-state index contributed by atoms with van der Waals surface area (Å²) in [6.45, 7) is 0. The maximum Gasteiger partial charge on any atom is 0.203 e. The molecule has 2 aromatic rings. The van der Waals surface area contributed by atoms with Gasteiger partial charge < -0.3 is 4.74 Å². The van der Waals surface area contributed by atoms with Crippen LogP contribution in [0.2, 0.25) is 0 Å². The van der Waals surface area contributed by atoms with Crippen LogP contribution >= 0.6 is 11.3 Å². The second kappa shape index (κ2) is 5.27. The number of nitrogens with zero attached hydrogens (tertiary/aromatic N) is 2. The van der Waals surface area contributed by atoms with Crippen LogP contribution in [0.25, 0.3) is 0 Å². The molecule has 0 radical (unpaired) electrons. The van der Waals surface area contributed by atoms with Crippen LogP contribution in [0.3, 0.4) is 0 Å². The molecule has 0 aliphatic carbocycles. The van der Waals surface area contributed by atoms with Gasteiger partial charge in [0, 0.05) is 11.6 Å². The van der Waals surface area contributed by atoms with Gasteiger partial charge in [0.1, 0.15) is 5.75 Å². The highest BCUT2D eigenvalue weighted by Gasteiger charge is 1.91. The number of rotatable bonds is 4. The van der Waals surface area contributed by atoms with Crippen LogP contribution in [-0.4, -0.2) is 18.3 Å². The van der Waals surface area contributed by atoms with E-state index >= 15 is 0 Å². The van der Waals surface area contributed by atoms with Crippen molar-refractivity contribution in [2.75, 3.05) is 12.5 Å². The molecular formula is C11H11N3OS. The number of hydrazone groups is 1. The highest BCUT2D eigenvalue weighted by Crippen LogP contribution is 2.11. The summed E-state index contributed by atoms with van der Waals surface area (Å²) in [5.74, 6) is 0.838. The molecule has 5 heteroatoms. The normalized spacial score (nSPS) is 10.6. The molecule has 0 saturated carbocycles. The molecule has 0 unspecified atom stereocenters. The van der Waals surface area contributed by atoms with E-state index < -0.39 is 0 Å². The smallest absolute Gasteiger partial charge is 0.203 e. The van der Waals surface area contributed by atoms with Crippen molar-refractivity contribution in [3.8, 4) is 5.75 Å². The number of aromatic nitrogens is 1. The van der Waals surface area contributed by atoms with Crippen molar-refractivity contribution < 1.29 is 4.74 Å². The Kier molecular flexibility index (Phi) is 3.50. The fraction of sp³-hybridized carbons (Fsp3) is 0.0909. The van der Waals surface area contributed by atoms with Crippen LogP contribution in [0.5, 0.6) is 5.75 Å². The summed E-state index contributed by atoms with van der Waals surface area (Å²) in [7, 11) is 1.65. The molecule has 2 rings (SSSR count). The lowest BCUT2D eigenvalue weighted by Crippen LogP contribution is -1.89. The predicted octanol–water partition coefficient (Wildman–Crippen LogP) is 2.60. The second-order valence-corrected chi connectivity index (χ2v) is 3.87. The first-order valence-electron chi connectivity index (χ1n) is 4.71. The Labute approximate surface area is 97.6 Å². The Hall–Kier alpha value is -1.88. The van der Waals surface area contributed by atoms with Gasteiger partial charge in [0.2, 0.25) is 5.13 Å². The number of nitrogens with one attached hydrogen (secondary N) is 1. The minimum absolute atomic E-state index is 0.782. The average molecular weight is 233 g/mol. The van der Waals surface area contributed by atoms with Crippen LogP contribution in [0.15, 0.2) is 40.9 Å². The third kappa shape index (κ3) is 2.80. The molecule has 1 N–H and O–H groups in total. The molecule has 0 aliphatic rings. The van der Waals surface area contributed by atoms with Gasteiger partial charge in [0.15, 0.2) is 0 Å². The van der Waals surface area contributed by atoms with Gasteiger partial charge >= 0.3 is 0 Å². The minimum atomic E-state index is 0.782. The van der Waals surface area contributed by atoms with Gasteiger partial charge in [-0.3, -0.25) is 5.43 Å². The number of benzene rings is 1. The summed E-state index contributed by atoms with van der Waals surface area (Å²) >= 11 is 1.51. The molecule has 1 heterocycles. The van der Waals surface area contributed by atoms with Gasteiger partial charge in [0.05, 0.1) is 13.3 Å². The Morgan fingerprint density at radius 2 is 2.19 bits per heavy atom. The first kappa shape index (κ1) is 10.6. The molecule has 4 nitrogen and oxygen atoms in total. The summed E-state index contributed by atoms with van der Waals surface area (Å²) in [5, 5.41) is 6.75. The van der Waals surface area contributed by atoms with Crippen molar-refractivity contribution in [2.45, 2.75) is 0 Å². The second-order valence-electron chi connectivity index (χ2n) is 2.98. The molecule has 1 aromatic carbocycles. The maximum absolute atomic E-state index is 5.06. The van der Waals surface area contributed by atoms with Crippen LogP contribution in [0, 0.1) is 0 Å². The largest absolute Gasteiger partial charge is 0.497 e. The van der Waals surface area contributed by atoms with Crippen molar-refractivity contribution in [3.05, 3.63) is 41.4 Å². The van der Waals surface area contributed by atoms with Gasteiger partial charge in [-0.1, -0.05) is 0 Å². The van der Waals surface area contributed by atoms with Crippen LogP contribution in [0.4, 0.5) is 5.13 Å². The lowest BCUT2D eigenvalue weighted by Gasteiger charge is -1.98. The molecule has 16 heavy (non-hydrogen) atoms. The Morgan fingerprint density at radius 1 is 1.38 bits per heavy atom. The molecule has 0 spiro atoms. The highest BCUT2D eigenvalue weighted by molar-refractivity contribution is 7.13. The van der Waals surface area contributed by atoms with Gasteiger partial charge in [-0.25, -0.2) is 4.98 Å². The average Bonchev–Trinajstić information content (AvgIpc) is 2.83. The van der Waals surface area contributed by atoms with E-state index in [-0.39, 0.29) is 0 Å². The fourth-order valence-electron chi connectivity index (χ4n) is 1.13. The number of methoxy groups -OCH3 is 1.